The SMILES string of the molecule is Cc1ccc(-c2noc(C(=Cc3ccc(Cl)cc3)CCCCN)n2)cc1.Cl. The van der Waals surface area contributed by atoms with Crippen LogP contribution in [-0.4, -0.2) is 16.7 Å². The molecule has 0 aliphatic rings. The van der Waals surface area contributed by atoms with Gasteiger partial charge in [0.1, 0.15) is 0 Å². The minimum atomic E-state index is 0. The van der Waals surface area contributed by atoms with Crippen molar-refractivity contribution in [1.82, 2.24) is 10.1 Å². The van der Waals surface area contributed by atoms with E-state index in [1.54, 1.807) is 0 Å². The Morgan fingerprint density at radius 3 is 2.44 bits per heavy atom. The standard InChI is InChI=1S/C21H22ClN3O.ClH/c1-15-5-9-17(10-6-15)20-24-21(26-25-20)18(4-2-3-13-23)14-16-7-11-19(22)12-8-16;/h5-12,14H,2-4,13,23H2,1H3;1H. The Morgan fingerprint density at radius 2 is 1.78 bits per heavy atom. The third kappa shape index (κ3) is 5.93. The summed E-state index contributed by atoms with van der Waals surface area (Å²) in [7, 11) is 0. The lowest BCUT2D eigenvalue weighted by molar-refractivity contribution is 0.406. The third-order valence-electron chi connectivity index (χ3n) is 4.12. The Balaban J connectivity index is 0.00000261. The second-order valence-corrected chi connectivity index (χ2v) is 6.69. The molecule has 0 atom stereocenters. The third-order valence-corrected chi connectivity index (χ3v) is 4.37. The molecule has 0 fully saturated rings. The van der Waals surface area contributed by atoms with Crippen molar-refractivity contribution in [2.45, 2.75) is 26.2 Å². The van der Waals surface area contributed by atoms with Gasteiger partial charge in [0.05, 0.1) is 0 Å². The number of benzene rings is 2. The molecule has 0 spiro atoms. The molecular weight excluding hydrogens is 381 g/mol. The summed E-state index contributed by atoms with van der Waals surface area (Å²) in [5.41, 5.74) is 9.82. The molecule has 0 saturated heterocycles. The van der Waals surface area contributed by atoms with Crippen LogP contribution in [0.2, 0.25) is 5.02 Å². The van der Waals surface area contributed by atoms with Crippen LogP contribution in [0.25, 0.3) is 23.0 Å². The van der Waals surface area contributed by atoms with Crippen molar-refractivity contribution in [3.05, 3.63) is 70.6 Å². The van der Waals surface area contributed by atoms with Crippen LogP contribution in [0, 0.1) is 6.92 Å². The summed E-state index contributed by atoms with van der Waals surface area (Å²) in [4.78, 5) is 4.60. The van der Waals surface area contributed by atoms with E-state index in [2.05, 4.69) is 23.1 Å². The fourth-order valence-corrected chi connectivity index (χ4v) is 2.76. The number of halogens is 2. The van der Waals surface area contributed by atoms with Crippen LogP contribution in [0.4, 0.5) is 0 Å². The van der Waals surface area contributed by atoms with Crippen LogP contribution in [-0.2, 0) is 0 Å². The summed E-state index contributed by atoms with van der Waals surface area (Å²) in [5.74, 6) is 1.15. The van der Waals surface area contributed by atoms with Crippen molar-refractivity contribution in [3.8, 4) is 11.4 Å². The molecule has 0 aliphatic heterocycles. The first-order valence-electron chi connectivity index (χ1n) is 8.73. The van der Waals surface area contributed by atoms with Gasteiger partial charge in [-0.25, -0.2) is 0 Å². The molecule has 3 rings (SSSR count). The van der Waals surface area contributed by atoms with Gasteiger partial charge in [-0.05, 0) is 56.5 Å². The molecule has 4 nitrogen and oxygen atoms in total. The van der Waals surface area contributed by atoms with Crippen LogP contribution < -0.4 is 5.73 Å². The molecule has 0 radical (unpaired) electrons. The molecule has 0 bridgehead atoms. The van der Waals surface area contributed by atoms with E-state index in [4.69, 9.17) is 21.9 Å². The van der Waals surface area contributed by atoms with Crippen LogP contribution >= 0.6 is 24.0 Å². The van der Waals surface area contributed by atoms with E-state index in [1.807, 2.05) is 48.5 Å². The van der Waals surface area contributed by atoms with Crippen molar-refractivity contribution in [2.75, 3.05) is 6.54 Å². The largest absolute Gasteiger partial charge is 0.334 e. The average molecular weight is 404 g/mol. The van der Waals surface area contributed by atoms with Gasteiger partial charge in [0.2, 0.25) is 5.82 Å². The Labute approximate surface area is 170 Å². The summed E-state index contributed by atoms with van der Waals surface area (Å²) in [6.45, 7) is 2.72. The number of hydrogen-bond donors (Lipinski definition) is 1. The molecule has 0 amide bonds. The molecule has 1 aromatic heterocycles. The van der Waals surface area contributed by atoms with E-state index in [0.29, 0.717) is 23.3 Å². The van der Waals surface area contributed by atoms with Gasteiger partial charge in [0.25, 0.3) is 5.89 Å². The number of allylic oxidation sites excluding steroid dienone is 1. The number of aryl methyl sites for hydroxylation is 1. The molecule has 6 heteroatoms. The maximum Gasteiger partial charge on any atom is 0.254 e. The molecule has 2 aromatic carbocycles. The highest BCUT2D eigenvalue weighted by atomic mass is 35.5. The normalized spacial score (nSPS) is 11.3. The van der Waals surface area contributed by atoms with Gasteiger partial charge >= 0.3 is 0 Å². The first-order valence-corrected chi connectivity index (χ1v) is 9.11. The summed E-state index contributed by atoms with van der Waals surface area (Å²) < 4.78 is 5.55. The lowest BCUT2D eigenvalue weighted by atomic mass is 10.0. The minimum Gasteiger partial charge on any atom is -0.334 e. The second kappa shape index (κ2) is 10.3. The van der Waals surface area contributed by atoms with E-state index >= 15 is 0 Å². The first kappa shape index (κ1) is 21.2. The highest BCUT2D eigenvalue weighted by Crippen LogP contribution is 2.26. The van der Waals surface area contributed by atoms with Crippen molar-refractivity contribution in [3.63, 3.8) is 0 Å². The monoisotopic (exact) mass is 403 g/mol. The molecule has 0 unspecified atom stereocenters. The zero-order chi connectivity index (χ0) is 18.4. The van der Waals surface area contributed by atoms with Gasteiger partial charge in [0.15, 0.2) is 0 Å². The number of hydrogen-bond acceptors (Lipinski definition) is 4. The number of nitrogens with two attached hydrogens (primary N) is 1. The summed E-state index contributed by atoms with van der Waals surface area (Å²) >= 11 is 5.97. The van der Waals surface area contributed by atoms with Crippen molar-refractivity contribution in [2.24, 2.45) is 5.73 Å². The minimum absolute atomic E-state index is 0. The average Bonchev–Trinajstić information content (AvgIpc) is 3.13. The zero-order valence-electron chi connectivity index (χ0n) is 15.2. The maximum atomic E-state index is 5.97. The van der Waals surface area contributed by atoms with Gasteiger partial charge in [-0.15, -0.1) is 12.4 Å². The maximum absolute atomic E-state index is 5.97. The topological polar surface area (TPSA) is 64.9 Å². The van der Waals surface area contributed by atoms with Crippen molar-refractivity contribution >= 4 is 35.7 Å². The quantitative estimate of drug-likeness (QED) is 0.506. The van der Waals surface area contributed by atoms with Gasteiger partial charge in [-0.2, -0.15) is 4.98 Å². The first-order chi connectivity index (χ1) is 12.7. The van der Waals surface area contributed by atoms with Crippen molar-refractivity contribution < 1.29 is 4.52 Å². The number of unbranched alkanes of at least 4 members (excludes halogenated alkanes) is 1. The van der Waals surface area contributed by atoms with E-state index in [-0.39, 0.29) is 12.4 Å². The van der Waals surface area contributed by atoms with Gasteiger partial charge < -0.3 is 10.3 Å². The fourth-order valence-electron chi connectivity index (χ4n) is 2.63. The van der Waals surface area contributed by atoms with E-state index in [9.17, 15) is 0 Å². The van der Waals surface area contributed by atoms with Crippen LogP contribution in [0.15, 0.2) is 53.1 Å². The Hall–Kier alpha value is -2.14. The highest BCUT2D eigenvalue weighted by Gasteiger charge is 2.13. The van der Waals surface area contributed by atoms with Crippen LogP contribution in [0.3, 0.4) is 0 Å². The Morgan fingerprint density at radius 1 is 1.07 bits per heavy atom. The summed E-state index contributed by atoms with van der Waals surface area (Å²) in [6.07, 6.45) is 4.82. The number of aromatic nitrogens is 2. The molecule has 3 aromatic rings. The summed E-state index contributed by atoms with van der Waals surface area (Å²) in [6, 6.07) is 15.8. The molecular formula is C21H23Cl2N3O. The van der Waals surface area contributed by atoms with Crippen molar-refractivity contribution in [1.29, 1.82) is 0 Å². The molecule has 2 N–H and O–H groups in total. The Kier molecular flexibility index (Phi) is 8.04. The Bertz CT molecular complexity index is 871. The van der Waals surface area contributed by atoms with E-state index in [0.717, 1.165) is 36.0 Å². The molecule has 1 heterocycles. The van der Waals surface area contributed by atoms with E-state index < -0.39 is 0 Å². The van der Waals surface area contributed by atoms with Crippen LogP contribution in [0.1, 0.15) is 36.3 Å². The lowest BCUT2D eigenvalue weighted by Gasteiger charge is -2.03. The second-order valence-electron chi connectivity index (χ2n) is 6.26. The summed E-state index contributed by atoms with van der Waals surface area (Å²) in [5, 5.41) is 4.86. The molecule has 27 heavy (non-hydrogen) atoms. The highest BCUT2D eigenvalue weighted by molar-refractivity contribution is 6.30. The smallest absolute Gasteiger partial charge is 0.254 e. The number of nitrogens with zero attached hydrogens (tertiary/aromatic N) is 2. The molecule has 142 valence electrons. The van der Waals surface area contributed by atoms with Gasteiger partial charge in [-0.3, -0.25) is 0 Å². The van der Waals surface area contributed by atoms with Gasteiger partial charge in [-0.1, -0.05) is 58.7 Å². The lowest BCUT2D eigenvalue weighted by Crippen LogP contribution is -1.98. The predicted octanol–water partition coefficient (Wildman–Crippen LogP) is 5.79. The molecule has 0 aliphatic carbocycles. The number of rotatable bonds is 7. The predicted molar refractivity (Wildman–Crippen MR) is 114 cm³/mol. The van der Waals surface area contributed by atoms with E-state index in [1.165, 1.54) is 5.56 Å². The van der Waals surface area contributed by atoms with Gasteiger partial charge in [0, 0.05) is 16.2 Å². The molecule has 0 saturated carbocycles. The fraction of sp³-hybridized carbons (Fsp3) is 0.238. The zero-order valence-corrected chi connectivity index (χ0v) is 16.8. The van der Waals surface area contributed by atoms with Crippen LogP contribution in [0.5, 0.6) is 0 Å².